The van der Waals surface area contributed by atoms with E-state index in [1.54, 1.807) is 6.92 Å². The molecular formula is C16H23F6N3O7S2+2. The third-order valence-electron chi connectivity index (χ3n) is 4.46. The Bertz CT molecular complexity index is 1090. The zero-order valence-corrected chi connectivity index (χ0v) is 20.0. The normalized spacial score (nSPS) is 14.9. The Morgan fingerprint density at radius 1 is 1.03 bits per heavy atom. The van der Waals surface area contributed by atoms with Crippen LogP contribution in [-0.4, -0.2) is 61.4 Å². The number of halogens is 6. The molecule has 0 bridgehead atoms. The molecule has 0 fully saturated rings. The van der Waals surface area contributed by atoms with E-state index in [4.69, 9.17) is 4.74 Å². The molecule has 196 valence electrons. The van der Waals surface area contributed by atoms with E-state index in [0.717, 1.165) is 12.5 Å². The summed E-state index contributed by atoms with van der Waals surface area (Å²) in [6.07, 6.45) is 4.58. The Balaban J connectivity index is 4.15. The first-order chi connectivity index (χ1) is 15.3. The van der Waals surface area contributed by atoms with Gasteiger partial charge < -0.3 is 9.47 Å². The van der Waals surface area contributed by atoms with E-state index >= 15 is 0 Å². The number of methoxy groups -OCH3 is 1. The van der Waals surface area contributed by atoms with Gasteiger partial charge in [0.1, 0.15) is 12.4 Å². The predicted molar refractivity (Wildman–Crippen MR) is 102 cm³/mol. The zero-order valence-electron chi connectivity index (χ0n) is 18.3. The molecule has 1 aromatic rings. The van der Waals surface area contributed by atoms with Crippen LogP contribution in [0, 0.1) is 0 Å². The summed E-state index contributed by atoms with van der Waals surface area (Å²) < 4.78 is 138. The van der Waals surface area contributed by atoms with Crippen molar-refractivity contribution in [2.75, 3.05) is 13.7 Å². The minimum atomic E-state index is -7.30. The number of alkyl halides is 6. The van der Waals surface area contributed by atoms with Crippen LogP contribution in [0.3, 0.4) is 0 Å². The van der Waals surface area contributed by atoms with E-state index in [1.165, 1.54) is 17.8 Å². The van der Waals surface area contributed by atoms with Gasteiger partial charge in [-0.05, 0) is 6.42 Å². The minimum Gasteiger partial charge on any atom is -0.462 e. The average molecular weight is 547 g/mol. The topological polar surface area (TPSA) is 116 Å². The van der Waals surface area contributed by atoms with Crippen LogP contribution in [0.25, 0.3) is 0 Å². The van der Waals surface area contributed by atoms with Crippen molar-refractivity contribution in [1.82, 2.24) is 4.57 Å². The van der Waals surface area contributed by atoms with E-state index in [9.17, 15) is 48.0 Å². The van der Waals surface area contributed by atoms with Gasteiger partial charge in [-0.2, -0.15) is 43.2 Å². The minimum absolute atomic E-state index is 0.255. The second kappa shape index (κ2) is 10.1. The maximum atomic E-state index is 13.3. The fourth-order valence-corrected chi connectivity index (χ4v) is 5.52. The van der Waals surface area contributed by atoms with Crippen LogP contribution in [0.4, 0.5) is 26.3 Å². The van der Waals surface area contributed by atoms with Crippen molar-refractivity contribution in [2.24, 2.45) is 7.05 Å². The molecule has 1 rings (SSSR count). The maximum Gasteiger partial charge on any atom is 0.561 e. The third kappa shape index (κ3) is 5.47. The van der Waals surface area contributed by atoms with Crippen molar-refractivity contribution >= 4 is 31.9 Å². The lowest BCUT2D eigenvalue weighted by atomic mass is 10.0. The maximum absolute atomic E-state index is 13.3. The summed E-state index contributed by atoms with van der Waals surface area (Å²) in [7, 11) is -12.8. The van der Waals surface area contributed by atoms with Gasteiger partial charge in [-0.15, -0.1) is 0 Å². The van der Waals surface area contributed by atoms with Crippen molar-refractivity contribution < 1.29 is 65.4 Å². The number of aryl methyl sites for hydroxylation is 1. The number of carbonyl (C=O) groups excluding carboxylic acids is 1. The molecule has 0 aliphatic carbocycles. The molecule has 0 aromatic carbocycles. The Hall–Kier alpha value is -2.37. The van der Waals surface area contributed by atoms with Crippen LogP contribution in [-0.2, 0) is 46.9 Å². The largest absolute Gasteiger partial charge is 0.561 e. The smallest absolute Gasteiger partial charge is 0.462 e. The fraction of sp³-hybridized carbons (Fsp3) is 0.688. The molecule has 0 aliphatic rings. The number of unbranched alkanes of at least 4 members (excludes halogenated alkanes) is 2. The summed E-state index contributed by atoms with van der Waals surface area (Å²) in [6.45, 7) is 2.11. The first-order valence-corrected chi connectivity index (χ1v) is 12.2. The Labute approximate surface area is 191 Å². The molecule has 0 N–H and O–H groups in total. The Kier molecular flexibility index (Phi) is 8.80. The van der Waals surface area contributed by atoms with E-state index in [2.05, 4.69) is 4.74 Å². The lowest BCUT2D eigenvalue weighted by Crippen LogP contribution is -2.56. The van der Waals surface area contributed by atoms with Crippen molar-refractivity contribution in [3.63, 3.8) is 0 Å². The van der Waals surface area contributed by atoms with Gasteiger partial charge in [0.15, 0.2) is 0 Å². The zero-order chi connectivity index (χ0) is 26.8. The molecule has 0 saturated carbocycles. The second-order valence-corrected chi connectivity index (χ2v) is 10.8. The summed E-state index contributed by atoms with van der Waals surface area (Å²) in [4.78, 5) is 13.0. The van der Waals surface area contributed by atoms with E-state index < -0.39 is 51.9 Å². The number of rotatable bonds is 9. The number of ether oxygens (including phenoxy) is 2. The average Bonchev–Trinajstić information content (AvgIpc) is 3.13. The highest BCUT2D eigenvalue weighted by Gasteiger charge is 2.72. The number of esters is 1. The molecular weight excluding hydrogens is 524 g/mol. The SMILES string of the molecule is CCCCCOC(=O)[C@@](C)(C(OC)=[N+](S(=O)(=O)C(F)(F)F)S(=O)(=O)C(F)(F)F)n1cc[n+](C)c1. The molecule has 0 radical (unpaired) electrons. The fourth-order valence-electron chi connectivity index (χ4n) is 2.66. The van der Waals surface area contributed by atoms with E-state index in [0.29, 0.717) is 31.4 Å². The molecule has 1 atom stereocenters. The summed E-state index contributed by atoms with van der Waals surface area (Å²) in [5, 5.41) is 0. The van der Waals surface area contributed by atoms with E-state index in [1.807, 2.05) is 0 Å². The lowest BCUT2D eigenvalue weighted by Gasteiger charge is -2.23. The van der Waals surface area contributed by atoms with Gasteiger partial charge in [-0.1, -0.05) is 19.8 Å². The Morgan fingerprint density at radius 3 is 1.88 bits per heavy atom. The van der Waals surface area contributed by atoms with Crippen LogP contribution in [0.2, 0.25) is 0 Å². The monoisotopic (exact) mass is 547 g/mol. The molecule has 1 aromatic heterocycles. The highest BCUT2D eigenvalue weighted by molar-refractivity contribution is 7.98. The van der Waals surface area contributed by atoms with Crippen LogP contribution >= 0.6 is 0 Å². The summed E-state index contributed by atoms with van der Waals surface area (Å²) in [6, 6.07) is 0. The quantitative estimate of drug-likeness (QED) is 0.115. The highest BCUT2D eigenvalue weighted by atomic mass is 32.3. The van der Waals surface area contributed by atoms with Gasteiger partial charge in [0.2, 0.25) is 6.33 Å². The van der Waals surface area contributed by atoms with Crippen molar-refractivity contribution in [3.8, 4) is 0 Å². The summed E-state index contributed by atoms with van der Waals surface area (Å²) in [5.41, 5.74) is -16.0. The first kappa shape index (κ1) is 29.7. The molecule has 0 unspecified atom stereocenters. The number of nitrogens with zero attached hydrogens (tertiary/aromatic N) is 3. The van der Waals surface area contributed by atoms with Crippen LogP contribution in [0.1, 0.15) is 33.1 Å². The van der Waals surface area contributed by atoms with Crippen LogP contribution in [0.5, 0.6) is 0 Å². The van der Waals surface area contributed by atoms with Crippen molar-refractivity contribution in [2.45, 2.75) is 49.7 Å². The number of carbonyl (C=O) groups is 1. The molecule has 0 saturated heterocycles. The second-order valence-electron chi connectivity index (χ2n) is 7.01. The molecule has 0 aliphatic heterocycles. The molecule has 0 spiro atoms. The van der Waals surface area contributed by atoms with Gasteiger partial charge in [-0.3, -0.25) is 0 Å². The van der Waals surface area contributed by atoms with Gasteiger partial charge in [-0.25, -0.2) is 13.9 Å². The van der Waals surface area contributed by atoms with E-state index in [-0.39, 0.29) is 13.0 Å². The van der Waals surface area contributed by atoms with Crippen molar-refractivity contribution in [1.29, 1.82) is 0 Å². The molecule has 34 heavy (non-hydrogen) atoms. The summed E-state index contributed by atoms with van der Waals surface area (Å²) >= 11 is 0. The van der Waals surface area contributed by atoms with Gasteiger partial charge in [0.25, 0.3) is 0 Å². The predicted octanol–water partition coefficient (Wildman–Crippen LogP) is 1.52. The number of hydrogen-bond donors (Lipinski definition) is 0. The summed E-state index contributed by atoms with van der Waals surface area (Å²) in [5.74, 6) is -3.60. The van der Waals surface area contributed by atoms with Crippen LogP contribution in [0.15, 0.2) is 18.7 Å². The molecule has 1 heterocycles. The highest BCUT2D eigenvalue weighted by Crippen LogP contribution is 2.35. The third-order valence-corrected chi connectivity index (χ3v) is 8.01. The van der Waals surface area contributed by atoms with Crippen molar-refractivity contribution in [3.05, 3.63) is 18.7 Å². The molecule has 18 heteroatoms. The van der Waals surface area contributed by atoms with Gasteiger partial charge >= 0.3 is 48.5 Å². The van der Waals surface area contributed by atoms with Gasteiger partial charge in [0, 0.05) is 6.92 Å². The number of hydrogen-bond acceptors (Lipinski definition) is 7. The van der Waals surface area contributed by atoms with Gasteiger partial charge in [0.05, 0.1) is 24.2 Å². The van der Waals surface area contributed by atoms with Crippen LogP contribution < -0.4 is 4.57 Å². The lowest BCUT2D eigenvalue weighted by molar-refractivity contribution is -0.671. The standard InChI is InChI=1S/C16H23F6N3O7S2/c1-5-6-7-10-32-13(26)14(2,24-9-8-23(3)11-24)12(31-4)25(33(27,28)15(17,18)19)34(29,30)16(20,21)22/h8-9,11H,5-7,10H2,1-4H3/q+2/t14-/m1/s1. The Morgan fingerprint density at radius 2 is 1.53 bits per heavy atom. The molecule has 0 amide bonds. The molecule has 10 nitrogen and oxygen atoms in total. The number of aromatic nitrogens is 2. The number of imidazole rings is 1. The number of sulfonamides is 2. The first-order valence-electron chi connectivity index (χ1n) is 9.35.